The van der Waals surface area contributed by atoms with E-state index in [2.05, 4.69) is 125 Å². The number of likely N-dealkylation sites (N-methyl/N-ethyl adjacent to an activating group) is 1. The molecule has 142 valence electrons. The lowest BCUT2D eigenvalue weighted by Gasteiger charge is -2.21. The molecule has 0 amide bonds. The highest BCUT2D eigenvalue weighted by molar-refractivity contribution is 9.10. The van der Waals surface area contributed by atoms with Crippen LogP contribution in [-0.4, -0.2) is 30.1 Å². The van der Waals surface area contributed by atoms with E-state index in [1.54, 1.807) is 0 Å². The second-order valence-corrected chi connectivity index (χ2v) is 8.42. The molecule has 0 atom stereocenters. The Hall–Kier alpha value is -2.36. The first-order valence-corrected chi connectivity index (χ1v) is 10.5. The summed E-state index contributed by atoms with van der Waals surface area (Å²) in [5.74, 6) is 0. The predicted molar refractivity (Wildman–Crippen MR) is 122 cm³/mol. The summed E-state index contributed by atoms with van der Waals surface area (Å²) >= 11 is 3.66. The van der Waals surface area contributed by atoms with Gasteiger partial charge in [0.25, 0.3) is 0 Å². The Balaban J connectivity index is 1.91. The molecule has 28 heavy (non-hydrogen) atoms. The smallest absolute Gasteiger partial charge is 0.0839 e. The van der Waals surface area contributed by atoms with Crippen molar-refractivity contribution in [3.63, 3.8) is 0 Å². The van der Waals surface area contributed by atoms with Crippen LogP contribution in [0.1, 0.15) is 22.7 Å². The van der Waals surface area contributed by atoms with E-state index in [0.717, 1.165) is 17.4 Å². The van der Waals surface area contributed by atoms with Crippen LogP contribution in [0.3, 0.4) is 0 Å². The Morgan fingerprint density at radius 1 is 0.857 bits per heavy atom. The van der Waals surface area contributed by atoms with Gasteiger partial charge in [0, 0.05) is 28.1 Å². The molecule has 0 fully saturated rings. The van der Waals surface area contributed by atoms with Crippen LogP contribution in [0, 0.1) is 0 Å². The van der Waals surface area contributed by atoms with Crippen LogP contribution in [-0.2, 0) is 6.42 Å². The summed E-state index contributed by atoms with van der Waals surface area (Å²) in [5.41, 5.74) is 5.26. The number of fused-ring (bicyclic) bond motifs is 1. The first-order valence-electron chi connectivity index (χ1n) is 9.67. The number of halogens is 1. The summed E-state index contributed by atoms with van der Waals surface area (Å²) in [6.45, 7) is 1.03. The Morgan fingerprint density at radius 2 is 1.46 bits per heavy atom. The van der Waals surface area contributed by atoms with Crippen LogP contribution in [0.5, 0.6) is 0 Å². The fraction of sp³-hybridized carbons (Fsp3) is 0.200. The number of hydrogen-bond acceptors (Lipinski definition) is 1. The van der Waals surface area contributed by atoms with Crippen molar-refractivity contribution in [3.05, 3.63) is 106 Å². The van der Waals surface area contributed by atoms with Crippen LogP contribution in [0.2, 0.25) is 0 Å². The minimum Gasteiger partial charge on any atom is -0.336 e. The van der Waals surface area contributed by atoms with E-state index in [0.29, 0.717) is 0 Å². The SMILES string of the molecule is CN(C)CCc1cn(C(c2ccccc2)c2ccccc2)c2ccc(Br)cc12. The van der Waals surface area contributed by atoms with Gasteiger partial charge in [0.05, 0.1) is 6.04 Å². The molecule has 0 N–H and O–H groups in total. The Labute approximate surface area is 175 Å². The van der Waals surface area contributed by atoms with Crippen LogP contribution in [0.25, 0.3) is 10.9 Å². The van der Waals surface area contributed by atoms with Gasteiger partial charge in [-0.2, -0.15) is 0 Å². The molecule has 0 saturated heterocycles. The molecular formula is C25H25BrN2. The minimum absolute atomic E-state index is 0.152. The molecule has 0 aliphatic carbocycles. The predicted octanol–water partition coefficient (Wildman–Crippen LogP) is 6.15. The number of hydrogen-bond donors (Lipinski definition) is 0. The van der Waals surface area contributed by atoms with Crippen molar-refractivity contribution >= 4 is 26.8 Å². The van der Waals surface area contributed by atoms with Crippen molar-refractivity contribution in [3.8, 4) is 0 Å². The van der Waals surface area contributed by atoms with Crippen molar-refractivity contribution < 1.29 is 0 Å². The van der Waals surface area contributed by atoms with Gasteiger partial charge in [0.1, 0.15) is 0 Å². The third-order valence-electron chi connectivity index (χ3n) is 5.21. The average Bonchev–Trinajstić information content (AvgIpc) is 3.06. The van der Waals surface area contributed by atoms with Crippen LogP contribution in [0.15, 0.2) is 89.5 Å². The highest BCUT2D eigenvalue weighted by Crippen LogP contribution is 2.34. The number of nitrogens with zero attached hydrogens (tertiary/aromatic N) is 2. The Bertz CT molecular complexity index is 1010. The van der Waals surface area contributed by atoms with Crippen LogP contribution >= 0.6 is 15.9 Å². The summed E-state index contributed by atoms with van der Waals surface area (Å²) in [6.07, 6.45) is 3.38. The molecule has 3 heteroatoms. The fourth-order valence-corrected chi connectivity index (χ4v) is 4.20. The minimum atomic E-state index is 0.152. The van der Waals surface area contributed by atoms with Gasteiger partial charge in [-0.1, -0.05) is 76.6 Å². The number of rotatable bonds is 6. The molecule has 0 unspecified atom stereocenters. The molecule has 3 aromatic carbocycles. The van der Waals surface area contributed by atoms with Crippen molar-refractivity contribution in [2.75, 3.05) is 20.6 Å². The largest absolute Gasteiger partial charge is 0.336 e. The van der Waals surface area contributed by atoms with Crippen molar-refractivity contribution in [2.24, 2.45) is 0 Å². The zero-order valence-electron chi connectivity index (χ0n) is 16.3. The number of aromatic nitrogens is 1. The maximum atomic E-state index is 3.66. The van der Waals surface area contributed by atoms with Gasteiger partial charge in [-0.25, -0.2) is 0 Å². The quantitative estimate of drug-likeness (QED) is 0.354. The Kier molecular flexibility index (Phi) is 5.65. The van der Waals surface area contributed by atoms with Crippen LogP contribution < -0.4 is 0 Å². The Morgan fingerprint density at radius 3 is 2.04 bits per heavy atom. The molecule has 0 aliphatic heterocycles. The van der Waals surface area contributed by atoms with Gasteiger partial charge in [-0.15, -0.1) is 0 Å². The average molecular weight is 433 g/mol. The van der Waals surface area contributed by atoms with Gasteiger partial charge < -0.3 is 9.47 Å². The second-order valence-electron chi connectivity index (χ2n) is 7.50. The molecule has 0 radical (unpaired) electrons. The first-order chi connectivity index (χ1) is 13.6. The van der Waals surface area contributed by atoms with E-state index in [9.17, 15) is 0 Å². The molecule has 4 rings (SSSR count). The summed E-state index contributed by atoms with van der Waals surface area (Å²) in [6, 6.07) is 28.3. The zero-order chi connectivity index (χ0) is 19.5. The van der Waals surface area contributed by atoms with Gasteiger partial charge in [-0.05, 0) is 55.4 Å². The van der Waals surface area contributed by atoms with E-state index in [4.69, 9.17) is 0 Å². The van der Waals surface area contributed by atoms with E-state index in [1.165, 1.54) is 27.6 Å². The molecule has 2 nitrogen and oxygen atoms in total. The van der Waals surface area contributed by atoms with E-state index < -0.39 is 0 Å². The summed E-state index contributed by atoms with van der Waals surface area (Å²) < 4.78 is 3.57. The highest BCUT2D eigenvalue weighted by Gasteiger charge is 2.20. The molecule has 0 spiro atoms. The standard InChI is InChI=1S/C25H25BrN2/c1-27(2)16-15-21-18-28(24-14-13-22(26)17-23(21)24)25(19-9-5-3-6-10-19)20-11-7-4-8-12-20/h3-14,17-18,25H,15-16H2,1-2H3. The topological polar surface area (TPSA) is 8.17 Å². The highest BCUT2D eigenvalue weighted by atomic mass is 79.9. The fourth-order valence-electron chi connectivity index (χ4n) is 3.84. The van der Waals surface area contributed by atoms with Gasteiger partial charge in [0.15, 0.2) is 0 Å². The van der Waals surface area contributed by atoms with Crippen LogP contribution in [0.4, 0.5) is 0 Å². The molecule has 1 heterocycles. The molecular weight excluding hydrogens is 408 g/mol. The maximum absolute atomic E-state index is 3.66. The molecule has 0 aliphatic rings. The normalized spacial score (nSPS) is 11.6. The van der Waals surface area contributed by atoms with E-state index in [1.807, 2.05) is 0 Å². The maximum Gasteiger partial charge on any atom is 0.0839 e. The van der Waals surface area contributed by atoms with Crippen molar-refractivity contribution in [1.29, 1.82) is 0 Å². The third kappa shape index (κ3) is 3.91. The lowest BCUT2D eigenvalue weighted by molar-refractivity contribution is 0.414. The van der Waals surface area contributed by atoms with Gasteiger partial charge in [-0.3, -0.25) is 0 Å². The molecule has 4 aromatic rings. The first kappa shape index (κ1) is 19.0. The van der Waals surface area contributed by atoms with Crippen molar-refractivity contribution in [1.82, 2.24) is 9.47 Å². The monoisotopic (exact) mass is 432 g/mol. The summed E-state index contributed by atoms with van der Waals surface area (Å²) in [4.78, 5) is 2.24. The lowest BCUT2D eigenvalue weighted by atomic mass is 9.98. The molecule has 0 bridgehead atoms. The van der Waals surface area contributed by atoms with Gasteiger partial charge >= 0.3 is 0 Å². The summed E-state index contributed by atoms with van der Waals surface area (Å²) in [7, 11) is 4.26. The second kappa shape index (κ2) is 8.34. The van der Waals surface area contributed by atoms with E-state index >= 15 is 0 Å². The number of benzene rings is 3. The summed E-state index contributed by atoms with van der Waals surface area (Å²) in [5, 5.41) is 1.33. The van der Waals surface area contributed by atoms with Gasteiger partial charge in [0.2, 0.25) is 0 Å². The molecule has 1 aromatic heterocycles. The zero-order valence-corrected chi connectivity index (χ0v) is 17.9. The molecule has 0 saturated carbocycles. The lowest BCUT2D eigenvalue weighted by Crippen LogP contribution is -2.15. The van der Waals surface area contributed by atoms with Crippen molar-refractivity contribution in [2.45, 2.75) is 12.5 Å². The third-order valence-corrected chi connectivity index (χ3v) is 5.71. The van der Waals surface area contributed by atoms with E-state index in [-0.39, 0.29) is 6.04 Å².